The molecule has 0 spiro atoms. The van der Waals surface area contributed by atoms with E-state index in [1.165, 1.54) is 0 Å². The molecule has 0 aliphatic heterocycles. The number of hydrogen-bond donors (Lipinski definition) is 1. The fraction of sp³-hybridized carbons (Fsp3) is 0.875. The van der Waals surface area contributed by atoms with Crippen molar-refractivity contribution in [1.29, 1.82) is 0 Å². The minimum atomic E-state index is 0.236. The predicted octanol–water partition coefficient (Wildman–Crippen LogP) is 1.18. The normalized spacial score (nSPS) is 15.0. The minimum absolute atomic E-state index is 0.236. The van der Waals surface area contributed by atoms with Crippen LogP contribution in [0.15, 0.2) is 4.99 Å². The first-order valence-electron chi connectivity index (χ1n) is 4.05. The standard InChI is InChI=1S/C8H18N2O/c1-4-7(6-11-3)10-8(9)5-2/h7H,4-6H2,1-3H3,(H2,9,10). The molecule has 11 heavy (non-hydrogen) atoms. The van der Waals surface area contributed by atoms with Gasteiger partial charge in [0.2, 0.25) is 0 Å². The Balaban J connectivity index is 3.84. The average molecular weight is 158 g/mol. The number of amidine groups is 1. The van der Waals surface area contributed by atoms with Crippen LogP contribution < -0.4 is 5.73 Å². The van der Waals surface area contributed by atoms with Gasteiger partial charge < -0.3 is 10.5 Å². The molecule has 0 rings (SSSR count). The lowest BCUT2D eigenvalue weighted by atomic mass is 10.2. The number of ether oxygens (including phenoxy) is 1. The molecular formula is C8H18N2O. The topological polar surface area (TPSA) is 47.6 Å². The molecule has 0 aromatic rings. The highest BCUT2D eigenvalue weighted by Crippen LogP contribution is 1.98. The van der Waals surface area contributed by atoms with Crippen LogP contribution in [0.5, 0.6) is 0 Å². The number of nitrogens with zero attached hydrogens (tertiary/aromatic N) is 1. The third-order valence-electron chi connectivity index (χ3n) is 1.54. The lowest BCUT2D eigenvalue weighted by Gasteiger charge is -2.08. The van der Waals surface area contributed by atoms with Crippen LogP contribution in [0.4, 0.5) is 0 Å². The number of methoxy groups -OCH3 is 1. The maximum Gasteiger partial charge on any atom is 0.0938 e. The van der Waals surface area contributed by atoms with Gasteiger partial charge in [-0.15, -0.1) is 0 Å². The molecule has 0 amide bonds. The van der Waals surface area contributed by atoms with Gasteiger partial charge in [-0.2, -0.15) is 0 Å². The van der Waals surface area contributed by atoms with Crippen LogP contribution in [0.25, 0.3) is 0 Å². The summed E-state index contributed by atoms with van der Waals surface area (Å²) in [6.07, 6.45) is 1.80. The van der Waals surface area contributed by atoms with Crippen LogP contribution in [-0.2, 0) is 4.74 Å². The molecule has 0 aromatic heterocycles. The van der Waals surface area contributed by atoms with Gasteiger partial charge in [0, 0.05) is 13.5 Å². The van der Waals surface area contributed by atoms with Crippen LogP contribution in [-0.4, -0.2) is 25.6 Å². The van der Waals surface area contributed by atoms with Crippen LogP contribution in [0.3, 0.4) is 0 Å². The fourth-order valence-electron chi connectivity index (χ4n) is 0.765. The van der Waals surface area contributed by atoms with Crippen molar-refractivity contribution in [1.82, 2.24) is 0 Å². The summed E-state index contributed by atoms with van der Waals surface area (Å²) < 4.78 is 4.98. The second-order valence-corrected chi connectivity index (χ2v) is 2.49. The van der Waals surface area contributed by atoms with Crippen molar-refractivity contribution < 1.29 is 4.74 Å². The molecule has 3 nitrogen and oxygen atoms in total. The quantitative estimate of drug-likeness (QED) is 0.482. The lowest BCUT2D eigenvalue weighted by molar-refractivity contribution is 0.179. The van der Waals surface area contributed by atoms with Crippen molar-refractivity contribution in [2.24, 2.45) is 10.7 Å². The maximum atomic E-state index is 5.57. The van der Waals surface area contributed by atoms with E-state index >= 15 is 0 Å². The van der Waals surface area contributed by atoms with Crippen LogP contribution in [0.2, 0.25) is 0 Å². The fourth-order valence-corrected chi connectivity index (χ4v) is 0.765. The Kier molecular flexibility index (Phi) is 5.84. The van der Waals surface area contributed by atoms with E-state index in [4.69, 9.17) is 10.5 Å². The van der Waals surface area contributed by atoms with E-state index in [0.29, 0.717) is 12.4 Å². The van der Waals surface area contributed by atoms with E-state index in [2.05, 4.69) is 11.9 Å². The highest BCUT2D eigenvalue weighted by atomic mass is 16.5. The average Bonchev–Trinajstić information content (AvgIpc) is 2.03. The molecule has 0 aromatic carbocycles. The summed E-state index contributed by atoms with van der Waals surface area (Å²) in [5.41, 5.74) is 5.57. The number of nitrogens with two attached hydrogens (primary N) is 1. The molecule has 0 fully saturated rings. The van der Waals surface area contributed by atoms with E-state index in [-0.39, 0.29) is 6.04 Å². The summed E-state index contributed by atoms with van der Waals surface area (Å²) in [6.45, 7) is 4.74. The number of aliphatic imine (C=N–C) groups is 1. The van der Waals surface area contributed by atoms with Gasteiger partial charge in [0.25, 0.3) is 0 Å². The van der Waals surface area contributed by atoms with Crippen LogP contribution >= 0.6 is 0 Å². The SMILES string of the molecule is CCC(N)=NC(CC)COC. The van der Waals surface area contributed by atoms with Gasteiger partial charge in [0.05, 0.1) is 18.5 Å². The molecule has 0 aliphatic carbocycles. The van der Waals surface area contributed by atoms with E-state index < -0.39 is 0 Å². The molecule has 0 aliphatic rings. The third kappa shape index (κ3) is 4.79. The van der Waals surface area contributed by atoms with Crippen molar-refractivity contribution in [3.8, 4) is 0 Å². The first-order chi connectivity index (χ1) is 5.24. The molecule has 66 valence electrons. The zero-order chi connectivity index (χ0) is 8.69. The molecule has 1 atom stereocenters. The van der Waals surface area contributed by atoms with Gasteiger partial charge in [-0.3, -0.25) is 4.99 Å². The predicted molar refractivity (Wildman–Crippen MR) is 47.9 cm³/mol. The molecule has 0 saturated heterocycles. The largest absolute Gasteiger partial charge is 0.387 e. The molecule has 0 saturated carbocycles. The number of rotatable bonds is 5. The molecule has 2 N–H and O–H groups in total. The number of hydrogen-bond acceptors (Lipinski definition) is 2. The summed E-state index contributed by atoms with van der Waals surface area (Å²) in [5.74, 6) is 0.717. The van der Waals surface area contributed by atoms with E-state index in [1.54, 1.807) is 7.11 Å². The third-order valence-corrected chi connectivity index (χ3v) is 1.54. The maximum absolute atomic E-state index is 5.57. The Morgan fingerprint density at radius 1 is 1.55 bits per heavy atom. The molecule has 0 bridgehead atoms. The van der Waals surface area contributed by atoms with Crippen LogP contribution in [0, 0.1) is 0 Å². The monoisotopic (exact) mass is 158 g/mol. The molecule has 1 unspecified atom stereocenters. The molecule has 3 heteroatoms. The van der Waals surface area contributed by atoms with E-state index in [0.717, 1.165) is 12.8 Å². The molecule has 0 radical (unpaired) electrons. The Bertz CT molecular complexity index is 123. The summed E-state index contributed by atoms with van der Waals surface area (Å²) in [7, 11) is 1.68. The lowest BCUT2D eigenvalue weighted by Crippen LogP contribution is -2.18. The van der Waals surface area contributed by atoms with Crippen molar-refractivity contribution in [3.63, 3.8) is 0 Å². The van der Waals surface area contributed by atoms with Gasteiger partial charge in [-0.25, -0.2) is 0 Å². The Morgan fingerprint density at radius 3 is 2.55 bits per heavy atom. The van der Waals surface area contributed by atoms with Crippen molar-refractivity contribution in [3.05, 3.63) is 0 Å². The summed E-state index contributed by atoms with van der Waals surface area (Å²) in [6, 6.07) is 0.236. The van der Waals surface area contributed by atoms with Gasteiger partial charge in [-0.05, 0) is 6.42 Å². The highest BCUT2D eigenvalue weighted by Gasteiger charge is 2.02. The van der Waals surface area contributed by atoms with Gasteiger partial charge in [-0.1, -0.05) is 13.8 Å². The smallest absolute Gasteiger partial charge is 0.0938 e. The van der Waals surface area contributed by atoms with Crippen molar-refractivity contribution in [2.45, 2.75) is 32.7 Å². The first-order valence-corrected chi connectivity index (χ1v) is 4.05. The van der Waals surface area contributed by atoms with E-state index in [9.17, 15) is 0 Å². The van der Waals surface area contributed by atoms with Gasteiger partial charge in [0.15, 0.2) is 0 Å². The van der Waals surface area contributed by atoms with Crippen molar-refractivity contribution >= 4 is 5.84 Å². The van der Waals surface area contributed by atoms with Crippen molar-refractivity contribution in [2.75, 3.05) is 13.7 Å². The Hall–Kier alpha value is -0.570. The Morgan fingerprint density at radius 2 is 2.18 bits per heavy atom. The summed E-state index contributed by atoms with van der Waals surface area (Å²) in [4.78, 5) is 4.27. The Labute approximate surface area is 68.6 Å². The zero-order valence-corrected chi connectivity index (χ0v) is 7.63. The first kappa shape index (κ1) is 10.4. The van der Waals surface area contributed by atoms with Gasteiger partial charge >= 0.3 is 0 Å². The summed E-state index contributed by atoms with van der Waals surface area (Å²) in [5, 5.41) is 0. The van der Waals surface area contributed by atoms with Crippen LogP contribution in [0.1, 0.15) is 26.7 Å². The zero-order valence-electron chi connectivity index (χ0n) is 7.63. The summed E-state index contributed by atoms with van der Waals surface area (Å²) >= 11 is 0. The second-order valence-electron chi connectivity index (χ2n) is 2.49. The molecule has 0 heterocycles. The molecular weight excluding hydrogens is 140 g/mol. The highest BCUT2D eigenvalue weighted by molar-refractivity contribution is 5.80. The van der Waals surface area contributed by atoms with Gasteiger partial charge in [0.1, 0.15) is 0 Å². The second kappa shape index (κ2) is 6.16. The van der Waals surface area contributed by atoms with E-state index in [1.807, 2.05) is 6.92 Å². The minimum Gasteiger partial charge on any atom is -0.387 e.